The molecule has 1 atom stereocenters. The van der Waals surface area contributed by atoms with Crippen molar-refractivity contribution >= 4 is 52.8 Å². The lowest BCUT2D eigenvalue weighted by atomic mass is 10.2. The largest absolute Gasteiger partial charge is 0.350 e. The molecule has 0 bridgehead atoms. The average molecular weight is 390 g/mol. The van der Waals surface area contributed by atoms with Crippen LogP contribution in [0.3, 0.4) is 0 Å². The molecule has 0 saturated carbocycles. The van der Waals surface area contributed by atoms with E-state index in [1.807, 2.05) is 6.26 Å². The Kier molecular flexibility index (Phi) is 6.77. The molecule has 2 rings (SSSR count). The number of nitrogens with zero attached hydrogens (tertiary/aromatic N) is 1. The highest BCUT2D eigenvalue weighted by molar-refractivity contribution is 7.98. The van der Waals surface area contributed by atoms with Gasteiger partial charge in [0.2, 0.25) is 5.91 Å². The number of carbonyl (C=O) groups excluding carboxylic acids is 3. The van der Waals surface area contributed by atoms with E-state index in [0.717, 1.165) is 10.7 Å². The lowest BCUT2D eigenvalue weighted by molar-refractivity contribution is -0.132. The van der Waals surface area contributed by atoms with Crippen LogP contribution in [-0.2, 0) is 16.1 Å². The Hall–Kier alpha value is -1.44. The maximum Gasteiger partial charge on any atom is 0.325 e. The number of imide groups is 1. The summed E-state index contributed by atoms with van der Waals surface area (Å²) in [5, 5.41) is 6.18. The van der Waals surface area contributed by atoms with Crippen LogP contribution in [0.4, 0.5) is 4.79 Å². The molecule has 0 radical (unpaired) electrons. The molecular formula is C15H17Cl2N3O3S. The highest BCUT2D eigenvalue weighted by Gasteiger charge is 2.38. The zero-order chi connectivity index (χ0) is 17.7. The first-order valence-corrected chi connectivity index (χ1v) is 9.38. The molecule has 1 heterocycles. The maximum atomic E-state index is 12.1. The predicted molar refractivity (Wildman–Crippen MR) is 95.3 cm³/mol. The quantitative estimate of drug-likeness (QED) is 0.701. The van der Waals surface area contributed by atoms with Gasteiger partial charge in [0.05, 0.1) is 0 Å². The minimum atomic E-state index is -0.552. The molecule has 0 aromatic heterocycles. The van der Waals surface area contributed by atoms with Crippen LogP contribution in [0.2, 0.25) is 10.0 Å². The van der Waals surface area contributed by atoms with Crippen LogP contribution in [-0.4, -0.2) is 47.3 Å². The van der Waals surface area contributed by atoms with Crippen molar-refractivity contribution in [1.29, 1.82) is 0 Å². The lowest BCUT2D eigenvalue weighted by Crippen LogP contribution is -2.41. The summed E-state index contributed by atoms with van der Waals surface area (Å²) in [5.74, 6) is -0.0463. The van der Waals surface area contributed by atoms with Crippen LogP contribution in [0.1, 0.15) is 12.0 Å². The Morgan fingerprint density at radius 2 is 2.12 bits per heavy atom. The molecule has 0 spiro atoms. The van der Waals surface area contributed by atoms with Gasteiger partial charge in [-0.25, -0.2) is 4.79 Å². The second-order valence-corrected chi connectivity index (χ2v) is 7.05. The predicted octanol–water partition coefficient (Wildman–Crippen LogP) is 2.28. The number of thioether (sulfide) groups is 1. The van der Waals surface area contributed by atoms with Gasteiger partial charge in [0.15, 0.2) is 0 Å². The third kappa shape index (κ3) is 4.78. The molecule has 9 heteroatoms. The Bertz CT molecular complexity index is 657. The van der Waals surface area contributed by atoms with Gasteiger partial charge in [-0.2, -0.15) is 11.8 Å². The van der Waals surface area contributed by atoms with E-state index >= 15 is 0 Å². The molecule has 4 amide bonds. The summed E-state index contributed by atoms with van der Waals surface area (Å²) in [6.07, 6.45) is 2.47. The van der Waals surface area contributed by atoms with E-state index in [4.69, 9.17) is 23.2 Å². The summed E-state index contributed by atoms with van der Waals surface area (Å²) >= 11 is 13.4. The second kappa shape index (κ2) is 8.60. The first-order valence-electron chi connectivity index (χ1n) is 7.23. The van der Waals surface area contributed by atoms with Gasteiger partial charge in [0, 0.05) is 16.6 Å². The SMILES string of the molecule is CSCC[C@@H]1NC(=O)N(CC(=O)NCc2ccc(Cl)cc2Cl)C1=O. The van der Waals surface area contributed by atoms with Gasteiger partial charge >= 0.3 is 6.03 Å². The molecular weight excluding hydrogens is 373 g/mol. The molecule has 1 aliphatic rings. The fourth-order valence-electron chi connectivity index (χ4n) is 2.22. The minimum absolute atomic E-state index is 0.189. The van der Waals surface area contributed by atoms with E-state index in [0.29, 0.717) is 22.0 Å². The monoisotopic (exact) mass is 389 g/mol. The molecule has 1 aromatic rings. The summed E-state index contributed by atoms with van der Waals surface area (Å²) in [4.78, 5) is 36.9. The van der Waals surface area contributed by atoms with Crippen LogP contribution in [0.5, 0.6) is 0 Å². The molecule has 1 aliphatic heterocycles. The fraction of sp³-hybridized carbons (Fsp3) is 0.400. The topological polar surface area (TPSA) is 78.5 Å². The summed E-state index contributed by atoms with van der Waals surface area (Å²) in [6, 6.07) is 3.87. The first kappa shape index (κ1) is 18.9. The third-order valence-electron chi connectivity index (χ3n) is 3.51. The number of amides is 4. The van der Waals surface area contributed by atoms with Gasteiger partial charge in [-0.1, -0.05) is 29.3 Å². The van der Waals surface area contributed by atoms with Gasteiger partial charge in [0.25, 0.3) is 5.91 Å². The number of nitrogens with one attached hydrogen (secondary N) is 2. The Labute approximate surface area is 154 Å². The van der Waals surface area contributed by atoms with E-state index in [1.165, 1.54) is 0 Å². The van der Waals surface area contributed by atoms with Crippen LogP contribution in [0.25, 0.3) is 0 Å². The summed E-state index contributed by atoms with van der Waals surface area (Å²) in [6.45, 7) is -0.125. The molecule has 130 valence electrons. The molecule has 1 fully saturated rings. The van der Waals surface area contributed by atoms with Gasteiger partial charge in [0.1, 0.15) is 12.6 Å². The Balaban J connectivity index is 1.87. The smallest absolute Gasteiger partial charge is 0.325 e. The van der Waals surface area contributed by atoms with E-state index in [1.54, 1.807) is 30.0 Å². The van der Waals surface area contributed by atoms with E-state index in [-0.39, 0.29) is 19.0 Å². The zero-order valence-corrected chi connectivity index (χ0v) is 15.3. The zero-order valence-electron chi connectivity index (χ0n) is 13.0. The second-order valence-electron chi connectivity index (χ2n) is 5.22. The Morgan fingerprint density at radius 3 is 2.79 bits per heavy atom. The number of hydrogen-bond donors (Lipinski definition) is 2. The molecule has 6 nitrogen and oxygen atoms in total. The number of hydrogen-bond acceptors (Lipinski definition) is 4. The van der Waals surface area contributed by atoms with E-state index in [9.17, 15) is 14.4 Å². The van der Waals surface area contributed by atoms with Crippen LogP contribution < -0.4 is 10.6 Å². The molecule has 1 aromatic carbocycles. The van der Waals surface area contributed by atoms with Crippen molar-refractivity contribution in [3.63, 3.8) is 0 Å². The normalized spacial score (nSPS) is 17.1. The first-order chi connectivity index (χ1) is 11.4. The lowest BCUT2D eigenvalue weighted by Gasteiger charge is -2.13. The standard InChI is InChI=1S/C15H17Cl2N3O3S/c1-24-5-4-12-14(22)20(15(23)19-12)8-13(21)18-7-9-2-3-10(16)6-11(9)17/h2-3,6,12H,4-5,7-8H2,1H3,(H,18,21)(H,19,23)/t12-/m0/s1. The molecule has 1 saturated heterocycles. The summed E-state index contributed by atoms with van der Waals surface area (Å²) in [5.41, 5.74) is 0.699. The minimum Gasteiger partial charge on any atom is -0.350 e. The molecule has 2 N–H and O–H groups in total. The van der Waals surface area contributed by atoms with Crippen molar-refractivity contribution in [3.05, 3.63) is 33.8 Å². The van der Waals surface area contributed by atoms with Crippen molar-refractivity contribution < 1.29 is 14.4 Å². The van der Waals surface area contributed by atoms with Crippen molar-refractivity contribution in [2.24, 2.45) is 0 Å². The van der Waals surface area contributed by atoms with Crippen LogP contribution >= 0.6 is 35.0 Å². The van der Waals surface area contributed by atoms with Crippen molar-refractivity contribution in [1.82, 2.24) is 15.5 Å². The van der Waals surface area contributed by atoms with Gasteiger partial charge < -0.3 is 10.6 Å². The number of rotatable bonds is 7. The van der Waals surface area contributed by atoms with Crippen molar-refractivity contribution in [2.45, 2.75) is 19.0 Å². The van der Waals surface area contributed by atoms with E-state index < -0.39 is 18.0 Å². The van der Waals surface area contributed by atoms with Crippen LogP contribution in [0, 0.1) is 0 Å². The van der Waals surface area contributed by atoms with Crippen LogP contribution in [0.15, 0.2) is 18.2 Å². The molecule has 24 heavy (non-hydrogen) atoms. The van der Waals surface area contributed by atoms with E-state index in [2.05, 4.69) is 10.6 Å². The van der Waals surface area contributed by atoms with Crippen molar-refractivity contribution in [2.75, 3.05) is 18.6 Å². The molecule has 0 unspecified atom stereocenters. The summed E-state index contributed by atoms with van der Waals surface area (Å²) < 4.78 is 0. The van der Waals surface area contributed by atoms with Crippen molar-refractivity contribution in [3.8, 4) is 0 Å². The number of urea groups is 1. The maximum absolute atomic E-state index is 12.1. The number of carbonyl (C=O) groups is 3. The fourth-order valence-corrected chi connectivity index (χ4v) is 3.16. The highest BCUT2D eigenvalue weighted by atomic mass is 35.5. The highest BCUT2D eigenvalue weighted by Crippen LogP contribution is 2.20. The summed E-state index contributed by atoms with van der Waals surface area (Å²) in [7, 11) is 0. The molecule has 0 aliphatic carbocycles. The third-order valence-corrected chi connectivity index (χ3v) is 4.74. The average Bonchev–Trinajstić information content (AvgIpc) is 2.79. The number of halogens is 2. The Morgan fingerprint density at radius 1 is 1.38 bits per heavy atom. The van der Waals surface area contributed by atoms with Gasteiger partial charge in [-0.15, -0.1) is 0 Å². The number of benzene rings is 1. The van der Waals surface area contributed by atoms with Gasteiger partial charge in [-0.05, 0) is 36.1 Å². The van der Waals surface area contributed by atoms with Gasteiger partial charge in [-0.3, -0.25) is 14.5 Å².